The third-order valence-electron chi connectivity index (χ3n) is 0.357. The molecule has 0 aliphatic rings. The quantitative estimate of drug-likeness (QED) is 0.451. The molecule has 0 bridgehead atoms. The molecule has 0 atom stereocenters. The van der Waals surface area contributed by atoms with E-state index in [4.69, 9.17) is 10.0 Å². The van der Waals surface area contributed by atoms with E-state index < -0.39 is 19.4 Å². The number of rotatable bonds is 2. The molecule has 3 nitrogen and oxygen atoms in total. The monoisotopic (exact) mass is 181 g/mol. The van der Waals surface area contributed by atoms with Crippen molar-refractivity contribution in [2.24, 2.45) is 0 Å². The summed E-state index contributed by atoms with van der Waals surface area (Å²) in [6, 6.07) is -2.29. The van der Waals surface area contributed by atoms with Crippen molar-refractivity contribution >= 4 is 58.7 Å². The van der Waals surface area contributed by atoms with Crippen LogP contribution in [0, 0.1) is 0 Å². The van der Waals surface area contributed by atoms with Gasteiger partial charge in [0.25, 0.3) is 0 Å². The second-order valence-electron chi connectivity index (χ2n) is 0.978. The van der Waals surface area contributed by atoms with Gasteiger partial charge in [0, 0.05) is 51.4 Å². The van der Waals surface area contributed by atoms with E-state index in [0.29, 0.717) is 0 Å². The predicted molar refractivity (Wildman–Crippen MR) is 27.4 cm³/mol. The van der Waals surface area contributed by atoms with E-state index in [1.54, 1.807) is 0 Å². The standard InChI is InChI=1S/C2H2BF3O3.K/c4-1(5)2(6)9-3(7)8;/h7-8H;. The van der Waals surface area contributed by atoms with Gasteiger partial charge in [-0.1, -0.05) is 0 Å². The fraction of sp³-hybridized carbons (Fsp3) is 0. The van der Waals surface area contributed by atoms with Gasteiger partial charge in [-0.15, -0.1) is 0 Å². The van der Waals surface area contributed by atoms with Crippen LogP contribution >= 0.6 is 0 Å². The summed E-state index contributed by atoms with van der Waals surface area (Å²) in [7, 11) is -2.55. The van der Waals surface area contributed by atoms with Crippen molar-refractivity contribution in [3.63, 3.8) is 0 Å². The Morgan fingerprint density at radius 1 is 1.20 bits per heavy atom. The third kappa shape index (κ3) is 7.06. The van der Waals surface area contributed by atoms with Gasteiger partial charge in [0.2, 0.25) is 0 Å². The minimum atomic E-state index is -2.73. The van der Waals surface area contributed by atoms with Crippen LogP contribution in [0.1, 0.15) is 0 Å². The van der Waals surface area contributed by atoms with Crippen LogP contribution in [0.15, 0.2) is 12.1 Å². The zero-order chi connectivity index (χ0) is 7.44. The Morgan fingerprint density at radius 3 is 1.70 bits per heavy atom. The van der Waals surface area contributed by atoms with Crippen molar-refractivity contribution in [1.82, 2.24) is 0 Å². The Hall–Kier alpha value is 0.951. The topological polar surface area (TPSA) is 49.7 Å². The zero-order valence-corrected chi connectivity index (χ0v) is 8.14. The van der Waals surface area contributed by atoms with E-state index in [0.717, 1.165) is 0 Å². The maximum absolute atomic E-state index is 11.4. The maximum atomic E-state index is 11.4. The van der Waals surface area contributed by atoms with Crippen LogP contribution in [0.25, 0.3) is 0 Å². The molecule has 0 aromatic heterocycles. The van der Waals surface area contributed by atoms with Gasteiger partial charge in [-0.25, -0.2) is 0 Å². The molecule has 10 heavy (non-hydrogen) atoms. The van der Waals surface area contributed by atoms with E-state index in [1.807, 2.05) is 0 Å². The molecule has 0 spiro atoms. The van der Waals surface area contributed by atoms with E-state index >= 15 is 0 Å². The predicted octanol–water partition coefficient (Wildman–Crippen LogP) is -0.373. The Labute approximate surface area is 97.5 Å². The largest absolute Gasteiger partial charge is 0.709 e. The molecule has 53 valence electrons. The smallest absolute Gasteiger partial charge is 0.487 e. The average molecular weight is 181 g/mol. The summed E-state index contributed by atoms with van der Waals surface area (Å²) in [6.45, 7) is 0. The molecule has 0 saturated carbocycles. The summed E-state index contributed by atoms with van der Waals surface area (Å²) in [5, 5.41) is 15.4. The summed E-state index contributed by atoms with van der Waals surface area (Å²) in [4.78, 5) is 0. The molecule has 0 fully saturated rings. The average Bonchev–Trinajstić information content (AvgIpc) is 1.63. The Morgan fingerprint density at radius 2 is 1.60 bits per heavy atom. The molecule has 0 aliphatic heterocycles. The molecule has 2 N–H and O–H groups in total. The normalized spacial score (nSPS) is 7.70. The van der Waals surface area contributed by atoms with E-state index in [9.17, 15) is 13.2 Å². The minimum Gasteiger partial charge on any atom is -0.487 e. The van der Waals surface area contributed by atoms with Crippen LogP contribution in [0.5, 0.6) is 0 Å². The fourth-order valence-electron chi connectivity index (χ4n) is 0.137. The molecule has 0 unspecified atom stereocenters. The molecule has 0 aliphatic carbocycles. The van der Waals surface area contributed by atoms with Gasteiger partial charge in [0.15, 0.2) is 0 Å². The minimum absolute atomic E-state index is 0. The summed E-state index contributed by atoms with van der Waals surface area (Å²) in [5.41, 5.74) is 0. The maximum Gasteiger partial charge on any atom is 0.709 e. The first kappa shape index (κ1) is 13.5. The van der Waals surface area contributed by atoms with Gasteiger partial charge >= 0.3 is 19.4 Å². The fourth-order valence-corrected chi connectivity index (χ4v) is 0.137. The van der Waals surface area contributed by atoms with Crippen molar-refractivity contribution in [1.29, 1.82) is 0 Å². The SMILES string of the molecule is OB(O)OC(F)=C(F)F.[K]. The number of hydrogen-bond donors (Lipinski definition) is 2. The van der Waals surface area contributed by atoms with Gasteiger partial charge < -0.3 is 14.7 Å². The molecule has 0 aromatic carbocycles. The Kier molecular flexibility index (Phi) is 9.00. The number of hydrogen-bond acceptors (Lipinski definition) is 3. The van der Waals surface area contributed by atoms with E-state index in [1.165, 1.54) is 0 Å². The van der Waals surface area contributed by atoms with E-state index in [-0.39, 0.29) is 51.4 Å². The van der Waals surface area contributed by atoms with Crippen molar-refractivity contribution in [3.8, 4) is 0 Å². The molecule has 0 saturated heterocycles. The summed E-state index contributed by atoms with van der Waals surface area (Å²) >= 11 is 0. The summed E-state index contributed by atoms with van der Waals surface area (Å²) in [5.74, 6) is 0. The molecule has 0 aromatic rings. The summed E-state index contributed by atoms with van der Waals surface area (Å²) < 4.78 is 36.3. The molecule has 0 heterocycles. The van der Waals surface area contributed by atoms with E-state index in [2.05, 4.69) is 4.65 Å². The van der Waals surface area contributed by atoms with Gasteiger partial charge in [0.1, 0.15) is 0 Å². The van der Waals surface area contributed by atoms with Crippen LogP contribution in [0.3, 0.4) is 0 Å². The van der Waals surface area contributed by atoms with Gasteiger partial charge in [-0.3, -0.25) is 0 Å². The molecule has 1 radical (unpaired) electrons. The molecule has 0 amide bonds. The second-order valence-corrected chi connectivity index (χ2v) is 0.978. The first-order chi connectivity index (χ1) is 4.04. The van der Waals surface area contributed by atoms with Crippen LogP contribution in [-0.4, -0.2) is 68.8 Å². The Bertz CT molecular complexity index is 125. The summed E-state index contributed by atoms with van der Waals surface area (Å²) in [6.07, 6.45) is -2.73. The zero-order valence-electron chi connectivity index (χ0n) is 5.01. The second kappa shape index (κ2) is 6.65. The van der Waals surface area contributed by atoms with Crippen molar-refractivity contribution in [2.45, 2.75) is 0 Å². The molecular weight excluding hydrogens is 179 g/mol. The van der Waals surface area contributed by atoms with Crippen LogP contribution in [0.2, 0.25) is 0 Å². The van der Waals surface area contributed by atoms with Gasteiger partial charge in [0.05, 0.1) is 0 Å². The van der Waals surface area contributed by atoms with Crippen molar-refractivity contribution in [2.75, 3.05) is 0 Å². The Balaban J connectivity index is 0. The van der Waals surface area contributed by atoms with Gasteiger partial charge in [-0.05, 0) is 0 Å². The van der Waals surface area contributed by atoms with Gasteiger partial charge in [-0.2, -0.15) is 13.2 Å². The first-order valence-corrected chi connectivity index (χ1v) is 1.77. The van der Waals surface area contributed by atoms with Crippen molar-refractivity contribution in [3.05, 3.63) is 12.1 Å². The van der Waals surface area contributed by atoms with Crippen molar-refractivity contribution < 1.29 is 27.9 Å². The molecule has 0 rings (SSSR count). The molecule has 8 heteroatoms. The number of halogens is 3. The van der Waals surface area contributed by atoms with Crippen LogP contribution in [0.4, 0.5) is 13.2 Å². The molecular formula is C2H2BF3KO3. The van der Waals surface area contributed by atoms with Crippen LogP contribution in [-0.2, 0) is 4.65 Å². The third-order valence-corrected chi connectivity index (χ3v) is 0.357. The van der Waals surface area contributed by atoms with Crippen LogP contribution < -0.4 is 0 Å². The first-order valence-electron chi connectivity index (χ1n) is 1.77.